The SMILES string of the molecule is OB(Oc1cc2ccccc2o1)Oc1cc2ccccc2o1. The smallest absolute Gasteiger partial charge is 0.473 e. The zero-order chi connectivity index (χ0) is 14.9. The predicted octanol–water partition coefficient (Wildman–Crippen LogP) is 3.61. The molecule has 0 fully saturated rings. The molecular formula is C16H11BO5. The van der Waals surface area contributed by atoms with Crippen LogP contribution >= 0.6 is 0 Å². The van der Waals surface area contributed by atoms with Gasteiger partial charge in [-0.05, 0) is 12.1 Å². The van der Waals surface area contributed by atoms with E-state index < -0.39 is 7.32 Å². The third kappa shape index (κ3) is 2.40. The van der Waals surface area contributed by atoms with Crippen LogP contribution in [-0.4, -0.2) is 12.3 Å². The highest BCUT2D eigenvalue weighted by atomic mass is 16.7. The van der Waals surface area contributed by atoms with Crippen molar-refractivity contribution in [2.75, 3.05) is 0 Å². The van der Waals surface area contributed by atoms with Gasteiger partial charge in [-0.3, -0.25) is 0 Å². The number of hydrogen-bond acceptors (Lipinski definition) is 5. The van der Waals surface area contributed by atoms with Crippen molar-refractivity contribution < 1.29 is 23.2 Å². The molecule has 4 rings (SSSR count). The summed E-state index contributed by atoms with van der Waals surface area (Å²) in [5.74, 6) is 0.342. The summed E-state index contributed by atoms with van der Waals surface area (Å²) < 4.78 is 21.3. The van der Waals surface area contributed by atoms with Crippen LogP contribution in [-0.2, 0) is 0 Å². The Labute approximate surface area is 125 Å². The Morgan fingerprint density at radius 2 is 1.18 bits per heavy atom. The lowest BCUT2D eigenvalue weighted by Crippen LogP contribution is -2.29. The van der Waals surface area contributed by atoms with E-state index in [9.17, 15) is 5.02 Å². The lowest BCUT2D eigenvalue weighted by atomic mass is 10.2. The highest BCUT2D eigenvalue weighted by molar-refractivity contribution is 6.36. The Morgan fingerprint density at radius 3 is 1.64 bits per heavy atom. The molecule has 0 radical (unpaired) electrons. The fourth-order valence-corrected chi connectivity index (χ4v) is 2.25. The van der Waals surface area contributed by atoms with E-state index in [1.165, 1.54) is 0 Å². The first-order chi connectivity index (χ1) is 10.8. The van der Waals surface area contributed by atoms with E-state index in [1.807, 2.05) is 48.5 Å². The molecule has 0 bridgehead atoms. The minimum atomic E-state index is -1.53. The second kappa shape index (κ2) is 5.16. The van der Waals surface area contributed by atoms with Gasteiger partial charge in [0, 0.05) is 22.9 Å². The summed E-state index contributed by atoms with van der Waals surface area (Å²) >= 11 is 0. The molecule has 0 saturated heterocycles. The minimum Gasteiger partial charge on any atom is -0.473 e. The molecule has 0 aliphatic rings. The highest BCUT2D eigenvalue weighted by Crippen LogP contribution is 2.27. The molecule has 2 heterocycles. The number of hydrogen-bond donors (Lipinski definition) is 1. The maximum atomic E-state index is 9.84. The van der Waals surface area contributed by atoms with Crippen molar-refractivity contribution in [1.82, 2.24) is 0 Å². The largest absolute Gasteiger partial charge is 0.789 e. The van der Waals surface area contributed by atoms with Gasteiger partial charge in [0.05, 0.1) is 0 Å². The molecular weight excluding hydrogens is 283 g/mol. The van der Waals surface area contributed by atoms with Crippen molar-refractivity contribution in [2.24, 2.45) is 0 Å². The predicted molar refractivity (Wildman–Crippen MR) is 81.7 cm³/mol. The zero-order valence-corrected chi connectivity index (χ0v) is 11.4. The normalized spacial score (nSPS) is 11.0. The molecule has 0 unspecified atom stereocenters. The Balaban J connectivity index is 1.50. The summed E-state index contributed by atoms with van der Waals surface area (Å²) in [5, 5.41) is 11.6. The van der Waals surface area contributed by atoms with Crippen molar-refractivity contribution >= 4 is 29.3 Å². The van der Waals surface area contributed by atoms with Crippen molar-refractivity contribution in [2.45, 2.75) is 0 Å². The first-order valence-electron chi connectivity index (χ1n) is 6.76. The Morgan fingerprint density at radius 1 is 0.727 bits per heavy atom. The van der Waals surface area contributed by atoms with E-state index in [-0.39, 0.29) is 11.9 Å². The van der Waals surface area contributed by atoms with E-state index in [0.29, 0.717) is 11.2 Å². The van der Waals surface area contributed by atoms with Crippen LogP contribution in [0.5, 0.6) is 11.9 Å². The lowest BCUT2D eigenvalue weighted by molar-refractivity contribution is 0.242. The molecule has 0 spiro atoms. The van der Waals surface area contributed by atoms with Gasteiger partial charge in [-0.2, -0.15) is 0 Å². The summed E-state index contributed by atoms with van der Waals surface area (Å²) in [6.45, 7) is 0. The molecule has 2 aromatic carbocycles. The van der Waals surface area contributed by atoms with Crippen LogP contribution in [0.4, 0.5) is 0 Å². The van der Waals surface area contributed by atoms with Crippen LogP contribution in [0.3, 0.4) is 0 Å². The third-order valence-corrected chi connectivity index (χ3v) is 3.24. The van der Waals surface area contributed by atoms with Gasteiger partial charge >= 0.3 is 7.32 Å². The van der Waals surface area contributed by atoms with Crippen molar-refractivity contribution in [3.63, 3.8) is 0 Å². The monoisotopic (exact) mass is 294 g/mol. The van der Waals surface area contributed by atoms with Crippen LogP contribution in [0.25, 0.3) is 21.9 Å². The molecule has 6 heteroatoms. The molecule has 22 heavy (non-hydrogen) atoms. The van der Waals surface area contributed by atoms with E-state index >= 15 is 0 Å². The Bertz CT molecular complexity index is 784. The molecule has 108 valence electrons. The standard InChI is InChI=1S/C16H11BO5/c18-17(21-15-9-11-5-1-3-7-13(11)19-15)22-16-10-12-6-2-4-8-14(12)20-16/h1-10,18H. The summed E-state index contributed by atoms with van der Waals surface area (Å²) in [6, 6.07) is 18.3. The summed E-state index contributed by atoms with van der Waals surface area (Å²) in [7, 11) is -1.53. The van der Waals surface area contributed by atoms with Gasteiger partial charge in [-0.25, -0.2) is 0 Å². The lowest BCUT2D eigenvalue weighted by Gasteiger charge is -2.05. The third-order valence-electron chi connectivity index (χ3n) is 3.24. The summed E-state index contributed by atoms with van der Waals surface area (Å²) in [6.07, 6.45) is 0. The molecule has 0 aliphatic carbocycles. The van der Waals surface area contributed by atoms with Crippen LogP contribution in [0.15, 0.2) is 69.5 Å². The van der Waals surface area contributed by atoms with Gasteiger partial charge in [-0.15, -0.1) is 0 Å². The Kier molecular flexibility index (Phi) is 3.02. The summed E-state index contributed by atoms with van der Waals surface area (Å²) in [5.41, 5.74) is 1.35. The fraction of sp³-hybridized carbons (Fsp3) is 0. The molecule has 0 saturated carbocycles. The maximum absolute atomic E-state index is 9.84. The molecule has 1 N–H and O–H groups in total. The topological polar surface area (TPSA) is 65.0 Å². The van der Waals surface area contributed by atoms with Gasteiger partial charge in [-0.1, -0.05) is 36.4 Å². The molecule has 2 aromatic heterocycles. The molecule has 4 aromatic rings. The molecule has 5 nitrogen and oxygen atoms in total. The highest BCUT2D eigenvalue weighted by Gasteiger charge is 2.25. The van der Waals surface area contributed by atoms with Gasteiger partial charge in [0.2, 0.25) is 0 Å². The van der Waals surface area contributed by atoms with E-state index in [0.717, 1.165) is 10.8 Å². The quantitative estimate of drug-likeness (QED) is 0.582. The average Bonchev–Trinajstić information content (AvgIpc) is 3.08. The second-order valence-electron chi connectivity index (χ2n) is 4.75. The van der Waals surface area contributed by atoms with Crippen molar-refractivity contribution in [3.05, 3.63) is 60.7 Å². The first-order valence-corrected chi connectivity index (χ1v) is 6.76. The number of furan rings is 2. The van der Waals surface area contributed by atoms with E-state index in [4.69, 9.17) is 18.1 Å². The summed E-state index contributed by atoms with van der Waals surface area (Å²) in [4.78, 5) is 0. The minimum absolute atomic E-state index is 0.171. The number of benzene rings is 2. The molecule has 0 aliphatic heterocycles. The van der Waals surface area contributed by atoms with Crippen LogP contribution in [0.2, 0.25) is 0 Å². The number of para-hydroxylation sites is 2. The Hall–Kier alpha value is -2.86. The van der Waals surface area contributed by atoms with Crippen LogP contribution in [0, 0.1) is 0 Å². The zero-order valence-electron chi connectivity index (χ0n) is 11.4. The number of fused-ring (bicyclic) bond motifs is 2. The van der Waals surface area contributed by atoms with E-state index in [1.54, 1.807) is 12.1 Å². The number of rotatable bonds is 4. The molecule has 0 amide bonds. The van der Waals surface area contributed by atoms with Gasteiger partial charge < -0.3 is 23.2 Å². The second-order valence-corrected chi connectivity index (χ2v) is 4.75. The van der Waals surface area contributed by atoms with Gasteiger partial charge in [0.25, 0.3) is 11.9 Å². The van der Waals surface area contributed by atoms with Gasteiger partial charge in [0.1, 0.15) is 11.2 Å². The van der Waals surface area contributed by atoms with Crippen LogP contribution in [0.1, 0.15) is 0 Å². The average molecular weight is 294 g/mol. The molecule has 0 atom stereocenters. The van der Waals surface area contributed by atoms with Gasteiger partial charge in [0.15, 0.2) is 0 Å². The van der Waals surface area contributed by atoms with Crippen molar-refractivity contribution in [3.8, 4) is 11.9 Å². The first kappa shape index (κ1) is 12.9. The fourth-order valence-electron chi connectivity index (χ4n) is 2.25. The maximum Gasteiger partial charge on any atom is 0.789 e. The van der Waals surface area contributed by atoms with E-state index in [2.05, 4.69) is 0 Å². The van der Waals surface area contributed by atoms with Crippen molar-refractivity contribution in [1.29, 1.82) is 0 Å². The van der Waals surface area contributed by atoms with Crippen LogP contribution < -0.4 is 9.31 Å².